The van der Waals surface area contributed by atoms with Crippen molar-refractivity contribution in [2.45, 2.75) is 77.2 Å². The lowest BCUT2D eigenvalue weighted by atomic mass is 9.82. The van der Waals surface area contributed by atoms with Crippen molar-refractivity contribution >= 4 is 5.97 Å². The molecule has 0 radical (unpaired) electrons. The lowest BCUT2D eigenvalue weighted by Crippen LogP contribution is -2.22. The standard InChI is InChI=1S/C33H36F4O4/c1-3-5-19-39-24-13-11-22(12-14-24)26-16-15-25(29(34)30(26)35)21-7-9-23(10-8-21)33(38)41-28-18-17-27(31(36)32(28)37)40-20-6-4-2/h7-10,15-18,22,24H,3-6,11-14,19-20H2,1-2H3. The van der Waals surface area contributed by atoms with Crippen LogP contribution in [-0.4, -0.2) is 25.3 Å². The summed E-state index contributed by atoms with van der Waals surface area (Å²) in [6, 6.07) is 11.1. The maximum Gasteiger partial charge on any atom is 0.343 e. The number of rotatable bonds is 12. The van der Waals surface area contributed by atoms with E-state index in [1.54, 1.807) is 12.1 Å². The number of ether oxygens (including phenoxy) is 3. The largest absolute Gasteiger partial charge is 0.490 e. The zero-order chi connectivity index (χ0) is 29.4. The molecular weight excluding hydrogens is 536 g/mol. The average Bonchev–Trinajstić information content (AvgIpc) is 2.99. The molecule has 0 atom stereocenters. The molecule has 1 aliphatic rings. The third-order valence-electron chi connectivity index (χ3n) is 7.48. The Morgan fingerprint density at radius 3 is 2.05 bits per heavy atom. The van der Waals surface area contributed by atoms with Gasteiger partial charge in [-0.15, -0.1) is 0 Å². The lowest BCUT2D eigenvalue weighted by Gasteiger charge is -2.29. The number of halogens is 4. The minimum Gasteiger partial charge on any atom is -0.490 e. The maximum atomic E-state index is 15.2. The van der Waals surface area contributed by atoms with E-state index in [-0.39, 0.29) is 35.5 Å². The lowest BCUT2D eigenvalue weighted by molar-refractivity contribution is 0.0230. The molecule has 0 N–H and O–H groups in total. The molecule has 0 bridgehead atoms. The van der Waals surface area contributed by atoms with Crippen LogP contribution in [0.15, 0.2) is 48.5 Å². The Balaban J connectivity index is 1.40. The predicted octanol–water partition coefficient (Wildman–Crippen LogP) is 9.15. The zero-order valence-corrected chi connectivity index (χ0v) is 23.5. The molecule has 0 unspecified atom stereocenters. The van der Waals surface area contributed by atoms with E-state index >= 15 is 8.78 Å². The van der Waals surface area contributed by atoms with E-state index in [1.807, 2.05) is 6.92 Å². The second kappa shape index (κ2) is 14.5. The zero-order valence-electron chi connectivity index (χ0n) is 23.5. The number of hydrogen-bond acceptors (Lipinski definition) is 4. The molecule has 4 rings (SSSR count). The Morgan fingerprint density at radius 1 is 0.732 bits per heavy atom. The third kappa shape index (κ3) is 7.47. The molecule has 1 saturated carbocycles. The molecule has 8 heteroatoms. The fourth-order valence-corrected chi connectivity index (χ4v) is 5.01. The Labute approximate surface area is 238 Å². The highest BCUT2D eigenvalue weighted by atomic mass is 19.2. The number of hydrogen-bond donors (Lipinski definition) is 0. The normalized spacial score (nSPS) is 16.9. The minimum absolute atomic E-state index is 0.0345. The predicted molar refractivity (Wildman–Crippen MR) is 149 cm³/mol. The van der Waals surface area contributed by atoms with E-state index in [1.165, 1.54) is 30.3 Å². The number of benzene rings is 3. The highest BCUT2D eigenvalue weighted by Crippen LogP contribution is 2.38. The highest BCUT2D eigenvalue weighted by molar-refractivity contribution is 5.91. The molecule has 0 spiro atoms. The van der Waals surface area contributed by atoms with Gasteiger partial charge in [0.05, 0.1) is 18.3 Å². The molecule has 3 aromatic carbocycles. The van der Waals surface area contributed by atoms with Gasteiger partial charge in [-0.05, 0) is 79.8 Å². The van der Waals surface area contributed by atoms with Crippen LogP contribution in [-0.2, 0) is 4.74 Å². The molecule has 220 valence electrons. The molecule has 1 fully saturated rings. The molecule has 0 saturated heterocycles. The van der Waals surface area contributed by atoms with Crippen LogP contribution in [0.2, 0.25) is 0 Å². The Hall–Kier alpha value is -3.39. The van der Waals surface area contributed by atoms with Crippen molar-refractivity contribution in [3.05, 3.63) is 82.9 Å². The molecule has 0 amide bonds. The van der Waals surface area contributed by atoms with Gasteiger partial charge in [-0.1, -0.05) is 51.0 Å². The van der Waals surface area contributed by atoms with Crippen LogP contribution >= 0.6 is 0 Å². The second-order valence-electron chi connectivity index (χ2n) is 10.4. The summed E-state index contributed by atoms with van der Waals surface area (Å²) in [6.07, 6.45) is 6.91. The van der Waals surface area contributed by atoms with E-state index in [0.29, 0.717) is 17.5 Å². The topological polar surface area (TPSA) is 44.8 Å². The molecule has 0 heterocycles. The van der Waals surface area contributed by atoms with Crippen LogP contribution in [0.25, 0.3) is 11.1 Å². The van der Waals surface area contributed by atoms with Crippen molar-refractivity contribution in [3.8, 4) is 22.6 Å². The van der Waals surface area contributed by atoms with E-state index in [2.05, 4.69) is 6.92 Å². The van der Waals surface area contributed by atoms with Gasteiger partial charge in [-0.25, -0.2) is 13.6 Å². The van der Waals surface area contributed by atoms with Crippen molar-refractivity contribution in [1.82, 2.24) is 0 Å². The molecule has 41 heavy (non-hydrogen) atoms. The summed E-state index contributed by atoms with van der Waals surface area (Å²) in [5.74, 6) is -6.21. The van der Waals surface area contributed by atoms with E-state index in [0.717, 1.165) is 57.6 Å². The molecule has 1 aliphatic carbocycles. The maximum absolute atomic E-state index is 15.2. The van der Waals surface area contributed by atoms with Gasteiger partial charge in [0, 0.05) is 12.2 Å². The number of carbonyl (C=O) groups excluding carboxylic acids is 1. The summed E-state index contributed by atoms with van der Waals surface area (Å²) < 4.78 is 75.2. The molecule has 3 aromatic rings. The first kappa shape index (κ1) is 30.6. The van der Waals surface area contributed by atoms with Gasteiger partial charge in [0.25, 0.3) is 0 Å². The molecule has 4 nitrogen and oxygen atoms in total. The van der Waals surface area contributed by atoms with Crippen LogP contribution in [0.4, 0.5) is 17.6 Å². The van der Waals surface area contributed by atoms with Gasteiger partial charge in [-0.2, -0.15) is 8.78 Å². The third-order valence-corrected chi connectivity index (χ3v) is 7.48. The summed E-state index contributed by atoms with van der Waals surface area (Å²) in [6.45, 7) is 5.03. The first-order valence-corrected chi connectivity index (χ1v) is 14.4. The van der Waals surface area contributed by atoms with Crippen LogP contribution in [0.5, 0.6) is 11.5 Å². The molecular formula is C33H36F4O4. The number of carbonyl (C=O) groups is 1. The highest BCUT2D eigenvalue weighted by Gasteiger charge is 2.27. The van der Waals surface area contributed by atoms with Gasteiger partial charge in [0.2, 0.25) is 11.6 Å². The van der Waals surface area contributed by atoms with Gasteiger partial charge in [-0.3, -0.25) is 0 Å². The molecule has 0 aromatic heterocycles. The van der Waals surface area contributed by atoms with Crippen LogP contribution in [0.3, 0.4) is 0 Å². The number of esters is 1. The van der Waals surface area contributed by atoms with Crippen molar-refractivity contribution in [3.63, 3.8) is 0 Å². The summed E-state index contributed by atoms with van der Waals surface area (Å²) in [5.41, 5.74) is 0.833. The van der Waals surface area contributed by atoms with Crippen LogP contribution in [0, 0.1) is 23.3 Å². The van der Waals surface area contributed by atoms with Gasteiger partial charge < -0.3 is 14.2 Å². The summed E-state index contributed by atoms with van der Waals surface area (Å²) in [5, 5.41) is 0. The fourth-order valence-electron chi connectivity index (χ4n) is 5.01. The van der Waals surface area contributed by atoms with Crippen molar-refractivity contribution in [2.24, 2.45) is 0 Å². The van der Waals surface area contributed by atoms with Gasteiger partial charge >= 0.3 is 5.97 Å². The van der Waals surface area contributed by atoms with E-state index < -0.39 is 35.0 Å². The summed E-state index contributed by atoms with van der Waals surface area (Å²) in [7, 11) is 0. The van der Waals surface area contributed by atoms with Gasteiger partial charge in [0.1, 0.15) is 0 Å². The first-order valence-electron chi connectivity index (χ1n) is 14.4. The second-order valence-corrected chi connectivity index (χ2v) is 10.4. The number of unbranched alkanes of at least 4 members (excludes halogenated alkanes) is 2. The fraction of sp³-hybridized carbons (Fsp3) is 0.424. The smallest absolute Gasteiger partial charge is 0.343 e. The van der Waals surface area contributed by atoms with Crippen molar-refractivity contribution in [2.75, 3.05) is 13.2 Å². The van der Waals surface area contributed by atoms with Crippen molar-refractivity contribution < 1.29 is 36.6 Å². The Morgan fingerprint density at radius 2 is 1.37 bits per heavy atom. The quantitative estimate of drug-likeness (QED) is 0.0940. The van der Waals surface area contributed by atoms with Crippen LogP contribution < -0.4 is 9.47 Å². The Bertz CT molecular complexity index is 1320. The Kier molecular flexibility index (Phi) is 10.8. The summed E-state index contributed by atoms with van der Waals surface area (Å²) in [4.78, 5) is 12.6. The minimum atomic E-state index is -1.33. The monoisotopic (exact) mass is 572 g/mol. The van der Waals surface area contributed by atoms with Crippen LogP contribution in [0.1, 0.15) is 87.1 Å². The van der Waals surface area contributed by atoms with Gasteiger partial charge in [0.15, 0.2) is 23.1 Å². The SMILES string of the molecule is CCCCOc1ccc(OC(=O)c2ccc(-c3ccc(C4CCC(OCCCC)CC4)c(F)c3F)cc2)c(F)c1F. The van der Waals surface area contributed by atoms with E-state index in [4.69, 9.17) is 14.2 Å². The average molecular weight is 573 g/mol. The molecule has 0 aliphatic heterocycles. The first-order chi connectivity index (χ1) is 19.8. The van der Waals surface area contributed by atoms with Crippen molar-refractivity contribution in [1.29, 1.82) is 0 Å². The van der Waals surface area contributed by atoms with E-state index in [9.17, 15) is 13.6 Å². The summed E-state index contributed by atoms with van der Waals surface area (Å²) >= 11 is 0.